The van der Waals surface area contributed by atoms with Crippen LogP contribution in [-0.4, -0.2) is 0 Å². The first-order valence-corrected chi connectivity index (χ1v) is 16.7. The molecule has 1 aliphatic carbocycles. The summed E-state index contributed by atoms with van der Waals surface area (Å²) in [7, 11) is 0. The zero-order valence-corrected chi connectivity index (χ0v) is 14.9. The molecule has 0 saturated heterocycles. The summed E-state index contributed by atoms with van der Waals surface area (Å²) in [5.41, 5.74) is 12.4. The van der Waals surface area contributed by atoms with Gasteiger partial charge in [0, 0.05) is 0 Å². The predicted molar refractivity (Wildman–Crippen MR) is 71.8 cm³/mol. The van der Waals surface area contributed by atoms with E-state index in [-0.39, 0.29) is 34.0 Å². The molecule has 0 spiro atoms. The van der Waals surface area contributed by atoms with Crippen molar-refractivity contribution in [2.75, 3.05) is 0 Å². The van der Waals surface area contributed by atoms with E-state index < -0.39 is 12.9 Å². The van der Waals surface area contributed by atoms with Gasteiger partial charge in [-0.05, 0) is 0 Å². The van der Waals surface area contributed by atoms with E-state index in [4.69, 9.17) is 0 Å². The van der Waals surface area contributed by atoms with Gasteiger partial charge in [0.25, 0.3) is 0 Å². The molecular formula is C10H22Br2Ir. The first kappa shape index (κ1) is 16.5. The van der Waals surface area contributed by atoms with Crippen LogP contribution in [0.4, 0.5) is 0 Å². The van der Waals surface area contributed by atoms with Crippen molar-refractivity contribution in [1.82, 2.24) is 0 Å². The third-order valence-corrected chi connectivity index (χ3v) is 10.4. The van der Waals surface area contributed by atoms with Gasteiger partial charge in [-0.3, -0.25) is 0 Å². The molecule has 0 N–H and O–H groups in total. The van der Waals surface area contributed by atoms with Crippen molar-refractivity contribution in [3.63, 3.8) is 0 Å². The summed E-state index contributed by atoms with van der Waals surface area (Å²) >= 11 is -2.61. The Balaban J connectivity index is 0. The van der Waals surface area contributed by atoms with Crippen LogP contribution in [0.3, 0.4) is 0 Å². The van der Waals surface area contributed by atoms with E-state index in [1.807, 2.05) is 0 Å². The van der Waals surface area contributed by atoms with Crippen LogP contribution in [-0.2, 0) is 12.9 Å². The van der Waals surface area contributed by atoms with Crippen LogP contribution < -0.4 is 0 Å². The monoisotopic (exact) mass is 493 g/mol. The third kappa shape index (κ3) is 4.92. The van der Waals surface area contributed by atoms with Crippen molar-refractivity contribution in [2.24, 2.45) is 0 Å². The van der Waals surface area contributed by atoms with E-state index in [2.05, 4.69) is 45.4 Å². The van der Waals surface area contributed by atoms with Crippen molar-refractivity contribution in [1.29, 1.82) is 0 Å². The van der Waals surface area contributed by atoms with E-state index in [0.717, 1.165) is 0 Å². The minimum absolute atomic E-state index is 0. The second-order valence-corrected chi connectivity index (χ2v) is 36.9. The van der Waals surface area contributed by atoms with Crippen molar-refractivity contribution >= 4 is 34.0 Å². The molecule has 0 aromatic carbocycles. The molecule has 0 radical (unpaired) electrons. The van der Waals surface area contributed by atoms with E-state index in [1.165, 1.54) is 6.42 Å². The molecule has 0 aromatic rings. The normalized spacial score (nSPS) is 20.5. The van der Waals surface area contributed by atoms with Crippen LogP contribution in [0.15, 0.2) is 22.3 Å². The Morgan fingerprint density at radius 1 is 1.00 bits per heavy atom. The Labute approximate surface area is 102 Å². The van der Waals surface area contributed by atoms with Crippen molar-refractivity contribution < 1.29 is 12.9 Å². The molecule has 0 nitrogen and oxygen atoms in total. The summed E-state index contributed by atoms with van der Waals surface area (Å²) in [6.07, 6.45) is 7.98. The summed E-state index contributed by atoms with van der Waals surface area (Å²) in [5.74, 6) is 0. The zero-order chi connectivity index (χ0) is 8.81. The van der Waals surface area contributed by atoms with Crippen LogP contribution in [0.5, 0.6) is 0 Å². The molecule has 0 saturated carbocycles. The number of hydrogen-bond donors (Lipinski definition) is 0. The molecular weight excluding hydrogens is 472 g/mol. The second-order valence-electron chi connectivity index (χ2n) is 5.38. The minimum atomic E-state index is -2.61. The van der Waals surface area contributed by atoms with Crippen LogP contribution in [0, 0.1) is 0 Å². The Hall–Kier alpha value is 1.09. The summed E-state index contributed by atoms with van der Waals surface area (Å²) in [6, 6.07) is 0. The molecule has 0 atom stereocenters. The van der Waals surface area contributed by atoms with Crippen LogP contribution >= 0.6 is 34.0 Å². The molecule has 0 aliphatic heterocycles. The average Bonchev–Trinajstić information content (AvgIpc) is 2.01. The van der Waals surface area contributed by atoms with Gasteiger partial charge in [-0.25, -0.2) is 0 Å². The molecule has 1 rings (SSSR count). The fraction of sp³-hybridized carbons (Fsp3) is 0.600. The number of hydrogen-bond acceptors (Lipinski definition) is 0. The fourth-order valence-corrected chi connectivity index (χ4v) is 5.98. The van der Waals surface area contributed by atoms with Gasteiger partial charge in [0.2, 0.25) is 0 Å². The molecule has 0 bridgehead atoms. The average molecular weight is 494 g/mol. The third-order valence-electron chi connectivity index (χ3n) is 1.78. The maximum absolute atomic E-state index is 2.61. The topological polar surface area (TPSA) is 0 Å². The van der Waals surface area contributed by atoms with E-state index in [1.54, 1.807) is 4.09 Å². The van der Waals surface area contributed by atoms with Gasteiger partial charge in [0.15, 0.2) is 0 Å². The molecule has 0 unspecified atom stereocenters. The zero-order valence-electron chi connectivity index (χ0n) is 9.09. The van der Waals surface area contributed by atoms with Crippen molar-refractivity contribution in [2.45, 2.75) is 33.6 Å². The number of halogens is 2. The van der Waals surface area contributed by atoms with Gasteiger partial charge in [-0.1, -0.05) is 0 Å². The van der Waals surface area contributed by atoms with Crippen molar-refractivity contribution in [3.8, 4) is 0 Å². The molecule has 13 heavy (non-hydrogen) atoms. The Kier molecular flexibility index (Phi) is 4.56. The molecule has 0 heterocycles. The number of rotatable bonds is 1. The van der Waals surface area contributed by atoms with Gasteiger partial charge in [-0.2, -0.15) is 0 Å². The molecule has 1 aliphatic rings. The molecule has 85 valence electrons. The van der Waals surface area contributed by atoms with Crippen LogP contribution in [0.25, 0.3) is 0 Å². The first-order chi connectivity index (χ1) is 4.59. The van der Waals surface area contributed by atoms with Gasteiger partial charge >= 0.3 is 68.8 Å². The van der Waals surface area contributed by atoms with Crippen LogP contribution in [0.2, 0.25) is 27.2 Å². The SMILES string of the molecule is Br.Br.[CH3][Ir]([CH3])([CH3])([CH3])([CH3])[C]1=CC=CC1. The maximum atomic E-state index is 2.48. The number of allylic oxidation sites excluding steroid dienone is 4. The Morgan fingerprint density at radius 3 is 1.62 bits per heavy atom. The summed E-state index contributed by atoms with van der Waals surface area (Å²) in [6.45, 7) is 0. The quantitative estimate of drug-likeness (QED) is 0.455. The van der Waals surface area contributed by atoms with Crippen molar-refractivity contribution in [3.05, 3.63) is 22.3 Å². The van der Waals surface area contributed by atoms with Crippen LogP contribution in [0.1, 0.15) is 6.42 Å². The molecule has 0 aromatic heterocycles. The summed E-state index contributed by atoms with van der Waals surface area (Å²) < 4.78 is 1.70. The van der Waals surface area contributed by atoms with E-state index in [0.29, 0.717) is 0 Å². The Bertz CT molecular complexity index is 240. The standard InChI is InChI=1S/C5H5.5CH3.2BrH.Ir/c1-2-4-5-3-1;;;;;;;;/h1-3H,4H2;5*1H3;2*1H;. The molecule has 0 fully saturated rings. The molecule has 0 amide bonds. The summed E-state index contributed by atoms with van der Waals surface area (Å²) in [4.78, 5) is 0. The van der Waals surface area contributed by atoms with Gasteiger partial charge in [-0.15, -0.1) is 34.0 Å². The van der Waals surface area contributed by atoms with Gasteiger partial charge in [0.05, 0.1) is 0 Å². The fourth-order valence-electron chi connectivity index (χ4n) is 1.03. The summed E-state index contributed by atoms with van der Waals surface area (Å²) in [5, 5.41) is 0. The predicted octanol–water partition coefficient (Wildman–Crippen LogP) is 5.45. The van der Waals surface area contributed by atoms with E-state index in [9.17, 15) is 0 Å². The van der Waals surface area contributed by atoms with Gasteiger partial charge in [0.1, 0.15) is 0 Å². The first-order valence-electron chi connectivity index (χ1n) is 3.55. The molecule has 3 heteroatoms. The van der Waals surface area contributed by atoms with Gasteiger partial charge < -0.3 is 0 Å². The second kappa shape index (κ2) is 3.59. The Morgan fingerprint density at radius 2 is 1.46 bits per heavy atom. The van der Waals surface area contributed by atoms with E-state index >= 15 is 0 Å².